The molecule has 0 aliphatic carbocycles. The third-order valence-corrected chi connectivity index (χ3v) is 2.78. The Morgan fingerprint density at radius 2 is 2.29 bits per heavy atom. The van der Waals surface area contributed by atoms with Gasteiger partial charge in [0.05, 0.1) is 17.4 Å². The van der Waals surface area contributed by atoms with E-state index >= 15 is 0 Å². The summed E-state index contributed by atoms with van der Waals surface area (Å²) in [7, 11) is 1.92. The van der Waals surface area contributed by atoms with Gasteiger partial charge in [0.25, 0.3) is 0 Å². The van der Waals surface area contributed by atoms with Crippen molar-refractivity contribution >= 4 is 17.0 Å². The lowest BCUT2D eigenvalue weighted by Gasteiger charge is -2.05. The van der Waals surface area contributed by atoms with E-state index in [0.29, 0.717) is 6.42 Å². The minimum Gasteiger partial charge on any atom is -0.479 e. The Morgan fingerprint density at radius 3 is 3.00 bits per heavy atom. The van der Waals surface area contributed by atoms with Crippen LogP contribution in [0.2, 0.25) is 0 Å². The van der Waals surface area contributed by atoms with Crippen LogP contribution in [0.5, 0.6) is 0 Å². The Hall–Kier alpha value is -1.88. The predicted molar refractivity (Wildman–Crippen MR) is 62.7 cm³/mol. The van der Waals surface area contributed by atoms with Gasteiger partial charge in [0, 0.05) is 7.05 Å². The fourth-order valence-electron chi connectivity index (χ4n) is 1.76. The fraction of sp³-hybridized carbons (Fsp3) is 0.333. The number of aliphatic hydroxyl groups excluding tert-OH is 1. The predicted octanol–water partition coefficient (Wildman–Crippen LogP) is 0.951. The SMILES string of the molecule is Cn1cnc2cc(CCC(O)C(=O)O)ccc21. The standard InChI is InChI=1S/C12H14N2O3/c1-14-7-13-9-6-8(2-4-10(9)14)3-5-11(15)12(16)17/h2,4,6-7,11,15H,3,5H2,1H3,(H,16,17). The van der Waals surface area contributed by atoms with E-state index in [1.165, 1.54) is 0 Å². The molecule has 0 bridgehead atoms. The average molecular weight is 234 g/mol. The second kappa shape index (κ2) is 4.55. The smallest absolute Gasteiger partial charge is 0.332 e. The Bertz CT molecular complexity index is 548. The molecule has 0 aliphatic rings. The molecule has 2 aromatic rings. The highest BCUT2D eigenvalue weighted by atomic mass is 16.4. The summed E-state index contributed by atoms with van der Waals surface area (Å²) >= 11 is 0. The first-order valence-corrected chi connectivity index (χ1v) is 5.39. The van der Waals surface area contributed by atoms with Crippen LogP contribution in [0.4, 0.5) is 0 Å². The van der Waals surface area contributed by atoms with Gasteiger partial charge in [-0.2, -0.15) is 0 Å². The van der Waals surface area contributed by atoms with Crippen LogP contribution in [0.3, 0.4) is 0 Å². The maximum atomic E-state index is 10.5. The molecule has 5 heteroatoms. The molecule has 0 fully saturated rings. The number of aromatic nitrogens is 2. The van der Waals surface area contributed by atoms with E-state index in [2.05, 4.69) is 4.98 Å². The number of carboxylic acids is 1. The highest BCUT2D eigenvalue weighted by molar-refractivity contribution is 5.76. The number of benzene rings is 1. The van der Waals surface area contributed by atoms with Gasteiger partial charge in [0.1, 0.15) is 0 Å². The molecule has 90 valence electrons. The van der Waals surface area contributed by atoms with Crippen molar-refractivity contribution in [1.82, 2.24) is 9.55 Å². The number of nitrogens with zero attached hydrogens (tertiary/aromatic N) is 2. The number of carbonyl (C=O) groups is 1. The summed E-state index contributed by atoms with van der Waals surface area (Å²) in [5, 5.41) is 17.8. The summed E-state index contributed by atoms with van der Waals surface area (Å²) in [6.07, 6.45) is 1.18. The van der Waals surface area contributed by atoms with Crippen molar-refractivity contribution < 1.29 is 15.0 Å². The lowest BCUT2D eigenvalue weighted by molar-refractivity contribution is -0.146. The molecule has 0 amide bonds. The van der Waals surface area contributed by atoms with Crippen molar-refractivity contribution in [3.05, 3.63) is 30.1 Å². The molecule has 1 aromatic heterocycles. The first kappa shape index (κ1) is 11.6. The van der Waals surface area contributed by atoms with Gasteiger partial charge < -0.3 is 14.8 Å². The van der Waals surface area contributed by atoms with Crippen LogP contribution >= 0.6 is 0 Å². The summed E-state index contributed by atoms with van der Waals surface area (Å²) in [6, 6.07) is 5.80. The number of hydrogen-bond acceptors (Lipinski definition) is 3. The molecule has 0 saturated heterocycles. The van der Waals surface area contributed by atoms with E-state index in [-0.39, 0.29) is 6.42 Å². The lowest BCUT2D eigenvalue weighted by Crippen LogP contribution is -2.19. The van der Waals surface area contributed by atoms with E-state index in [9.17, 15) is 9.90 Å². The molecule has 1 atom stereocenters. The largest absolute Gasteiger partial charge is 0.479 e. The minimum atomic E-state index is -1.30. The molecular weight excluding hydrogens is 220 g/mol. The summed E-state index contributed by atoms with van der Waals surface area (Å²) < 4.78 is 1.92. The first-order valence-electron chi connectivity index (χ1n) is 5.39. The Kier molecular flexibility index (Phi) is 3.10. The van der Waals surface area contributed by atoms with E-state index in [0.717, 1.165) is 16.6 Å². The molecule has 0 spiro atoms. The van der Waals surface area contributed by atoms with Gasteiger partial charge >= 0.3 is 5.97 Å². The maximum absolute atomic E-state index is 10.5. The Morgan fingerprint density at radius 1 is 1.53 bits per heavy atom. The van der Waals surface area contributed by atoms with Gasteiger partial charge in [-0.25, -0.2) is 9.78 Å². The number of aliphatic carboxylic acids is 1. The monoisotopic (exact) mass is 234 g/mol. The summed E-state index contributed by atoms with van der Waals surface area (Å²) in [5.41, 5.74) is 2.90. The van der Waals surface area contributed by atoms with E-state index in [1.807, 2.05) is 29.8 Å². The van der Waals surface area contributed by atoms with E-state index < -0.39 is 12.1 Å². The topological polar surface area (TPSA) is 75.3 Å². The molecule has 1 unspecified atom stereocenters. The highest BCUT2D eigenvalue weighted by Crippen LogP contribution is 2.15. The number of rotatable bonds is 4. The molecular formula is C12H14N2O3. The van der Waals surface area contributed by atoms with Crippen LogP contribution in [-0.2, 0) is 18.3 Å². The van der Waals surface area contributed by atoms with E-state index in [1.54, 1.807) is 6.33 Å². The average Bonchev–Trinajstić information content (AvgIpc) is 2.67. The molecule has 0 aliphatic heterocycles. The van der Waals surface area contributed by atoms with Crippen molar-refractivity contribution in [2.75, 3.05) is 0 Å². The van der Waals surface area contributed by atoms with Crippen molar-refractivity contribution in [2.45, 2.75) is 18.9 Å². The van der Waals surface area contributed by atoms with Gasteiger partial charge in [-0.3, -0.25) is 0 Å². The number of fused-ring (bicyclic) bond motifs is 1. The van der Waals surface area contributed by atoms with Crippen molar-refractivity contribution in [1.29, 1.82) is 0 Å². The zero-order valence-corrected chi connectivity index (χ0v) is 9.50. The van der Waals surface area contributed by atoms with E-state index in [4.69, 9.17) is 5.11 Å². The zero-order valence-electron chi connectivity index (χ0n) is 9.50. The summed E-state index contributed by atoms with van der Waals surface area (Å²) in [4.78, 5) is 14.7. The number of aryl methyl sites for hydroxylation is 2. The third kappa shape index (κ3) is 2.45. The van der Waals surface area contributed by atoms with Gasteiger partial charge in [0.15, 0.2) is 6.10 Å². The second-order valence-corrected chi connectivity index (χ2v) is 4.07. The fourth-order valence-corrected chi connectivity index (χ4v) is 1.76. The third-order valence-electron chi connectivity index (χ3n) is 2.78. The van der Waals surface area contributed by atoms with Crippen LogP contribution in [-0.4, -0.2) is 31.8 Å². The van der Waals surface area contributed by atoms with Crippen LogP contribution in [0.25, 0.3) is 11.0 Å². The Balaban J connectivity index is 2.12. The van der Waals surface area contributed by atoms with Crippen molar-refractivity contribution in [2.24, 2.45) is 7.05 Å². The molecule has 2 N–H and O–H groups in total. The van der Waals surface area contributed by atoms with Gasteiger partial charge in [0.2, 0.25) is 0 Å². The first-order chi connectivity index (χ1) is 8.08. The minimum absolute atomic E-state index is 0.216. The van der Waals surface area contributed by atoms with Crippen LogP contribution < -0.4 is 0 Å². The van der Waals surface area contributed by atoms with Crippen molar-refractivity contribution in [3.8, 4) is 0 Å². The molecule has 0 radical (unpaired) electrons. The lowest BCUT2D eigenvalue weighted by atomic mass is 10.1. The molecule has 1 heterocycles. The maximum Gasteiger partial charge on any atom is 0.332 e. The number of hydrogen-bond donors (Lipinski definition) is 2. The van der Waals surface area contributed by atoms with Crippen LogP contribution in [0, 0.1) is 0 Å². The highest BCUT2D eigenvalue weighted by Gasteiger charge is 2.12. The molecule has 2 rings (SSSR count). The second-order valence-electron chi connectivity index (χ2n) is 4.07. The van der Waals surface area contributed by atoms with Crippen molar-refractivity contribution in [3.63, 3.8) is 0 Å². The van der Waals surface area contributed by atoms with Crippen LogP contribution in [0.1, 0.15) is 12.0 Å². The molecule has 5 nitrogen and oxygen atoms in total. The quantitative estimate of drug-likeness (QED) is 0.826. The van der Waals surface area contributed by atoms with Gasteiger partial charge in [-0.15, -0.1) is 0 Å². The molecule has 0 saturated carbocycles. The summed E-state index contributed by atoms with van der Waals surface area (Å²) in [5.74, 6) is -1.18. The number of aliphatic hydroxyl groups is 1. The number of carboxylic acid groups (broad SMARTS) is 1. The molecule has 1 aromatic carbocycles. The van der Waals surface area contributed by atoms with Gasteiger partial charge in [-0.1, -0.05) is 6.07 Å². The molecule has 17 heavy (non-hydrogen) atoms. The normalized spacial score (nSPS) is 12.8. The zero-order chi connectivity index (χ0) is 12.4. The number of imidazole rings is 1. The Labute approximate surface area is 98.3 Å². The van der Waals surface area contributed by atoms with Gasteiger partial charge in [-0.05, 0) is 30.5 Å². The summed E-state index contributed by atoms with van der Waals surface area (Å²) in [6.45, 7) is 0. The van der Waals surface area contributed by atoms with Crippen LogP contribution in [0.15, 0.2) is 24.5 Å².